The van der Waals surface area contributed by atoms with Crippen molar-refractivity contribution in [1.82, 2.24) is 4.98 Å². The highest BCUT2D eigenvalue weighted by Gasteiger charge is 2.14. The van der Waals surface area contributed by atoms with Crippen molar-refractivity contribution in [2.45, 2.75) is 0 Å². The third kappa shape index (κ3) is 4.27. The van der Waals surface area contributed by atoms with Crippen molar-refractivity contribution < 1.29 is 13.9 Å². The maximum atomic E-state index is 12.9. The van der Waals surface area contributed by atoms with E-state index in [0.717, 1.165) is 6.20 Å². The van der Waals surface area contributed by atoms with Crippen LogP contribution < -0.4 is 5.73 Å². The molecular weight excluding hydrogens is 337 g/mol. The lowest BCUT2D eigenvalue weighted by molar-refractivity contribution is 0.0998. The van der Waals surface area contributed by atoms with E-state index < -0.39 is 11.7 Å². The predicted octanol–water partition coefficient (Wildman–Crippen LogP) is 1.84. The number of rotatable bonds is 1. The molecule has 7 heteroatoms. The molecule has 4 nitrogen and oxygen atoms in total. The fourth-order valence-corrected chi connectivity index (χ4v) is 1.58. The van der Waals surface area contributed by atoms with E-state index in [-0.39, 0.29) is 14.3 Å². The van der Waals surface area contributed by atoms with Gasteiger partial charge in [0.05, 0.1) is 9.13 Å². The van der Waals surface area contributed by atoms with Gasteiger partial charge in [-0.1, -0.05) is 11.6 Å². The molecule has 0 aliphatic heterocycles. The van der Waals surface area contributed by atoms with Crippen LogP contribution in [0.4, 0.5) is 4.39 Å². The van der Waals surface area contributed by atoms with E-state index in [1.807, 2.05) is 0 Å². The summed E-state index contributed by atoms with van der Waals surface area (Å²) >= 11 is 6.99. The van der Waals surface area contributed by atoms with E-state index in [2.05, 4.69) is 9.72 Å². The minimum absolute atomic E-state index is 0.0394. The highest BCUT2D eigenvalue weighted by atomic mass is 127. The van der Waals surface area contributed by atoms with Crippen LogP contribution in [-0.4, -0.2) is 25.1 Å². The minimum atomic E-state index is -0.720. The van der Waals surface area contributed by atoms with Gasteiger partial charge in [-0.3, -0.25) is 4.79 Å². The molecule has 1 amide bonds. The number of methoxy groups -OCH3 is 1. The van der Waals surface area contributed by atoms with Crippen LogP contribution in [0.25, 0.3) is 0 Å². The number of aromatic nitrogens is 1. The zero-order chi connectivity index (χ0) is 12.0. The van der Waals surface area contributed by atoms with Gasteiger partial charge in [0.15, 0.2) is 11.0 Å². The molecule has 2 N–H and O–H groups in total. The molecule has 1 aromatic heterocycles. The Morgan fingerprint density at radius 1 is 1.67 bits per heavy atom. The van der Waals surface area contributed by atoms with E-state index in [1.165, 1.54) is 0 Å². The molecule has 0 spiro atoms. The number of carbonyl (C=O) groups is 1. The Balaban J connectivity index is 0.000000583. The maximum absolute atomic E-state index is 12.9. The topological polar surface area (TPSA) is 65.2 Å². The monoisotopic (exact) mass is 346 g/mol. The third-order valence-electron chi connectivity index (χ3n) is 1.18. The van der Waals surface area contributed by atoms with Gasteiger partial charge in [-0.15, -0.1) is 0 Å². The summed E-state index contributed by atoms with van der Waals surface area (Å²) in [4.78, 5) is 14.1. The quantitative estimate of drug-likeness (QED) is 0.623. The zero-order valence-electron chi connectivity index (χ0n) is 8.05. The Morgan fingerprint density at radius 2 is 2.13 bits per heavy atom. The van der Waals surface area contributed by atoms with Gasteiger partial charge < -0.3 is 10.5 Å². The maximum Gasteiger partial charge on any atom is 0.251 e. The van der Waals surface area contributed by atoms with Crippen molar-refractivity contribution in [3.63, 3.8) is 0 Å². The first-order valence-corrected chi connectivity index (χ1v) is 5.10. The molecule has 1 heterocycles. The molecule has 0 saturated heterocycles. The number of primary amides is 1. The number of hydrogen-bond acceptors (Lipinski definition) is 3. The Bertz CT molecular complexity index is 363. The lowest BCUT2D eigenvalue weighted by Crippen LogP contribution is -2.14. The van der Waals surface area contributed by atoms with Crippen LogP contribution in [0.3, 0.4) is 0 Å². The van der Waals surface area contributed by atoms with Crippen LogP contribution in [-0.2, 0) is 4.74 Å². The Morgan fingerprint density at radius 3 is 2.53 bits per heavy atom. The van der Waals surface area contributed by atoms with E-state index in [9.17, 15) is 9.18 Å². The number of hydrogen-bond donors (Lipinski definition) is 1. The molecule has 84 valence electrons. The first-order valence-electron chi connectivity index (χ1n) is 3.65. The van der Waals surface area contributed by atoms with Gasteiger partial charge in [-0.05, 0) is 22.6 Å². The first kappa shape index (κ1) is 14.5. The van der Waals surface area contributed by atoms with Crippen LogP contribution in [0.2, 0.25) is 5.15 Å². The number of carbonyl (C=O) groups excluding carboxylic acids is 1. The molecule has 15 heavy (non-hydrogen) atoms. The van der Waals surface area contributed by atoms with Crippen molar-refractivity contribution in [2.75, 3.05) is 14.2 Å². The zero-order valence-corrected chi connectivity index (χ0v) is 11.0. The summed E-state index contributed by atoms with van der Waals surface area (Å²) in [5.41, 5.74) is 4.98. The molecule has 1 rings (SSSR count). The molecule has 0 radical (unpaired) electrons. The van der Waals surface area contributed by atoms with Crippen LogP contribution >= 0.6 is 34.2 Å². The van der Waals surface area contributed by atoms with Crippen molar-refractivity contribution >= 4 is 40.1 Å². The van der Waals surface area contributed by atoms with E-state index in [0.29, 0.717) is 0 Å². The Kier molecular flexibility index (Phi) is 6.70. The second-order valence-corrected chi connectivity index (χ2v) is 3.80. The standard InChI is InChI=1S/C6H3ClFIN2O.C2H6O/c7-5-3(8)4(9)2(1-11-5)6(10)12;1-3-2/h1H,(H2,10,12);1-2H3. The van der Waals surface area contributed by atoms with Gasteiger partial charge in [-0.2, -0.15) is 0 Å². The van der Waals surface area contributed by atoms with Gasteiger partial charge in [0, 0.05) is 20.4 Å². The number of nitrogens with zero attached hydrogens (tertiary/aromatic N) is 1. The normalized spacial score (nSPS) is 9.13. The van der Waals surface area contributed by atoms with E-state index in [4.69, 9.17) is 17.3 Å². The number of nitrogens with two attached hydrogens (primary N) is 1. The van der Waals surface area contributed by atoms with E-state index >= 15 is 0 Å². The summed E-state index contributed by atoms with van der Waals surface area (Å²) in [5, 5.41) is -0.260. The van der Waals surface area contributed by atoms with Gasteiger partial charge in [0.1, 0.15) is 0 Å². The highest BCUT2D eigenvalue weighted by molar-refractivity contribution is 14.1. The van der Waals surface area contributed by atoms with E-state index in [1.54, 1.807) is 36.8 Å². The van der Waals surface area contributed by atoms with Crippen LogP contribution in [0.1, 0.15) is 10.4 Å². The molecule has 1 aromatic rings. The summed E-state index contributed by atoms with van der Waals surface area (Å²) in [6.07, 6.45) is 1.15. The number of halogens is 3. The summed E-state index contributed by atoms with van der Waals surface area (Å²) in [6, 6.07) is 0. The van der Waals surface area contributed by atoms with Gasteiger partial charge in [0.2, 0.25) is 0 Å². The number of amides is 1. The Hall–Kier alpha value is -0.470. The lowest BCUT2D eigenvalue weighted by atomic mass is 10.3. The molecule has 0 aliphatic carbocycles. The lowest BCUT2D eigenvalue weighted by Gasteiger charge is -2.00. The molecular formula is C8H9ClFIN2O2. The molecule has 0 aliphatic rings. The van der Waals surface area contributed by atoms with Crippen LogP contribution in [0, 0.1) is 9.39 Å². The molecule has 0 aromatic carbocycles. The molecule has 0 atom stereocenters. The fourth-order valence-electron chi connectivity index (χ4n) is 0.615. The van der Waals surface area contributed by atoms with Crippen molar-refractivity contribution in [3.8, 4) is 0 Å². The van der Waals surface area contributed by atoms with Gasteiger partial charge in [0.25, 0.3) is 5.91 Å². The number of pyridine rings is 1. The average Bonchev–Trinajstić information content (AvgIpc) is 2.15. The summed E-state index contributed by atoms with van der Waals surface area (Å²) in [5.74, 6) is -1.43. The van der Waals surface area contributed by atoms with Crippen LogP contribution in [0.15, 0.2) is 6.20 Å². The molecule has 0 bridgehead atoms. The smallest absolute Gasteiger partial charge is 0.251 e. The minimum Gasteiger partial charge on any atom is -0.388 e. The molecule has 0 unspecified atom stereocenters. The SMILES string of the molecule is COC.NC(=O)c1cnc(Cl)c(F)c1I. The predicted molar refractivity (Wildman–Crippen MR) is 63.4 cm³/mol. The second kappa shape index (κ2) is 6.91. The Labute approximate surface area is 105 Å². The second-order valence-electron chi connectivity index (χ2n) is 2.36. The third-order valence-corrected chi connectivity index (χ3v) is 2.50. The molecule has 0 saturated carbocycles. The van der Waals surface area contributed by atoms with Crippen molar-refractivity contribution in [1.29, 1.82) is 0 Å². The first-order chi connectivity index (χ1) is 6.95. The summed E-state index contributed by atoms with van der Waals surface area (Å²) in [6.45, 7) is 0. The van der Waals surface area contributed by atoms with Gasteiger partial charge >= 0.3 is 0 Å². The van der Waals surface area contributed by atoms with Crippen molar-refractivity contribution in [3.05, 3.63) is 26.3 Å². The van der Waals surface area contributed by atoms with Crippen LogP contribution in [0.5, 0.6) is 0 Å². The summed E-state index contributed by atoms with van der Waals surface area (Å²) in [7, 11) is 3.25. The van der Waals surface area contributed by atoms with Crippen molar-refractivity contribution in [2.24, 2.45) is 5.73 Å². The van der Waals surface area contributed by atoms with Gasteiger partial charge in [-0.25, -0.2) is 9.37 Å². The highest BCUT2D eigenvalue weighted by Crippen LogP contribution is 2.20. The molecule has 0 fully saturated rings. The number of ether oxygens (including phenoxy) is 1. The fraction of sp³-hybridized carbons (Fsp3) is 0.250. The average molecular weight is 347 g/mol. The largest absolute Gasteiger partial charge is 0.388 e. The summed E-state index contributed by atoms with van der Waals surface area (Å²) < 4.78 is 17.3.